The molecule has 0 radical (unpaired) electrons. The average Bonchev–Trinajstić information content (AvgIpc) is 2.57. The van der Waals surface area contributed by atoms with Crippen LogP contribution in [0.15, 0.2) is 48.8 Å². The molecule has 21 heavy (non-hydrogen) atoms. The summed E-state index contributed by atoms with van der Waals surface area (Å²) in [7, 11) is 2.27. The Hall–Kier alpha value is -1.67. The molecule has 1 saturated carbocycles. The minimum atomic E-state index is 0.767. The molecule has 1 aliphatic carbocycles. The molecule has 2 nitrogen and oxygen atoms in total. The second-order valence-corrected chi connectivity index (χ2v) is 6.14. The minimum Gasteiger partial charge on any atom is -0.299 e. The highest BCUT2D eigenvalue weighted by Crippen LogP contribution is 2.24. The van der Waals surface area contributed by atoms with Gasteiger partial charge in [0.05, 0.1) is 0 Å². The Bertz CT molecular complexity index is 559. The molecule has 0 saturated heterocycles. The fourth-order valence-electron chi connectivity index (χ4n) is 3.33. The molecular weight excluding hydrogens is 256 g/mol. The molecule has 2 aromatic rings. The van der Waals surface area contributed by atoms with Crippen LogP contribution in [0.4, 0.5) is 0 Å². The largest absolute Gasteiger partial charge is 0.299 e. The fraction of sp³-hybridized carbons (Fsp3) is 0.421. The van der Waals surface area contributed by atoms with Crippen LogP contribution >= 0.6 is 0 Å². The standard InChI is InChI=1S/C19H24N2/c1-21(19-8-3-2-4-9-19)15-16-6-5-7-18(14-16)17-10-12-20-13-11-17/h5-7,10-14,19H,2-4,8-9,15H2,1H3. The maximum atomic E-state index is 4.09. The highest BCUT2D eigenvalue weighted by atomic mass is 15.1. The molecular formula is C19H24N2. The molecule has 1 aliphatic rings. The lowest BCUT2D eigenvalue weighted by Crippen LogP contribution is -2.32. The number of aromatic nitrogens is 1. The smallest absolute Gasteiger partial charge is 0.0273 e. The summed E-state index contributed by atoms with van der Waals surface area (Å²) in [6.45, 7) is 1.05. The average molecular weight is 280 g/mol. The van der Waals surface area contributed by atoms with E-state index in [4.69, 9.17) is 0 Å². The van der Waals surface area contributed by atoms with Crippen molar-refractivity contribution in [2.24, 2.45) is 0 Å². The zero-order valence-corrected chi connectivity index (χ0v) is 12.8. The van der Waals surface area contributed by atoms with E-state index in [2.05, 4.69) is 53.3 Å². The number of rotatable bonds is 4. The molecule has 0 unspecified atom stereocenters. The first-order chi connectivity index (χ1) is 10.3. The van der Waals surface area contributed by atoms with E-state index in [1.807, 2.05) is 12.4 Å². The minimum absolute atomic E-state index is 0.767. The monoisotopic (exact) mass is 280 g/mol. The number of benzene rings is 1. The van der Waals surface area contributed by atoms with Crippen molar-refractivity contribution in [1.29, 1.82) is 0 Å². The van der Waals surface area contributed by atoms with Crippen LogP contribution in [-0.2, 0) is 6.54 Å². The molecule has 0 spiro atoms. The van der Waals surface area contributed by atoms with E-state index in [0.29, 0.717) is 0 Å². The van der Waals surface area contributed by atoms with Crippen LogP contribution in [0.5, 0.6) is 0 Å². The third-order valence-electron chi connectivity index (χ3n) is 4.57. The lowest BCUT2D eigenvalue weighted by atomic mass is 9.94. The van der Waals surface area contributed by atoms with Crippen molar-refractivity contribution in [2.75, 3.05) is 7.05 Å². The Morgan fingerprint density at radius 3 is 2.52 bits per heavy atom. The summed E-state index contributed by atoms with van der Waals surface area (Å²) in [4.78, 5) is 6.63. The van der Waals surface area contributed by atoms with Crippen LogP contribution in [0.1, 0.15) is 37.7 Å². The number of hydrogen-bond acceptors (Lipinski definition) is 2. The highest BCUT2D eigenvalue weighted by molar-refractivity contribution is 5.63. The zero-order chi connectivity index (χ0) is 14.5. The van der Waals surface area contributed by atoms with Crippen LogP contribution < -0.4 is 0 Å². The van der Waals surface area contributed by atoms with Crippen molar-refractivity contribution < 1.29 is 0 Å². The van der Waals surface area contributed by atoms with Gasteiger partial charge in [0, 0.05) is 25.0 Å². The lowest BCUT2D eigenvalue weighted by Gasteiger charge is -2.31. The van der Waals surface area contributed by atoms with Crippen molar-refractivity contribution in [2.45, 2.75) is 44.7 Å². The van der Waals surface area contributed by atoms with Crippen molar-refractivity contribution in [1.82, 2.24) is 9.88 Å². The predicted molar refractivity (Wildman–Crippen MR) is 88.0 cm³/mol. The van der Waals surface area contributed by atoms with Gasteiger partial charge in [-0.1, -0.05) is 37.5 Å². The van der Waals surface area contributed by atoms with Crippen LogP contribution in [-0.4, -0.2) is 23.0 Å². The van der Waals surface area contributed by atoms with E-state index in [0.717, 1.165) is 12.6 Å². The number of pyridine rings is 1. The van der Waals surface area contributed by atoms with Crippen LogP contribution in [0.2, 0.25) is 0 Å². The molecule has 0 bridgehead atoms. The first-order valence-electron chi connectivity index (χ1n) is 8.02. The van der Waals surface area contributed by atoms with Crippen molar-refractivity contribution in [3.63, 3.8) is 0 Å². The van der Waals surface area contributed by atoms with E-state index in [1.165, 1.54) is 48.8 Å². The third kappa shape index (κ3) is 3.70. The number of hydrogen-bond donors (Lipinski definition) is 0. The van der Waals surface area contributed by atoms with E-state index in [9.17, 15) is 0 Å². The maximum absolute atomic E-state index is 4.09. The second kappa shape index (κ2) is 6.86. The quantitative estimate of drug-likeness (QED) is 0.819. The fourth-order valence-corrected chi connectivity index (χ4v) is 3.33. The first kappa shape index (κ1) is 14.3. The number of nitrogens with zero attached hydrogens (tertiary/aromatic N) is 2. The molecule has 1 aromatic carbocycles. The van der Waals surface area contributed by atoms with Gasteiger partial charge in [-0.15, -0.1) is 0 Å². The van der Waals surface area contributed by atoms with Gasteiger partial charge >= 0.3 is 0 Å². The third-order valence-corrected chi connectivity index (χ3v) is 4.57. The molecule has 0 aliphatic heterocycles. The predicted octanol–water partition coefficient (Wildman–Crippen LogP) is 4.51. The topological polar surface area (TPSA) is 16.1 Å². The Balaban J connectivity index is 1.71. The summed E-state index contributed by atoms with van der Waals surface area (Å²) in [5.41, 5.74) is 3.93. The molecule has 2 heteroatoms. The lowest BCUT2D eigenvalue weighted by molar-refractivity contribution is 0.184. The Kier molecular flexibility index (Phi) is 4.66. The maximum Gasteiger partial charge on any atom is 0.0273 e. The van der Waals surface area contributed by atoms with Gasteiger partial charge in [0.1, 0.15) is 0 Å². The van der Waals surface area contributed by atoms with Crippen molar-refractivity contribution >= 4 is 0 Å². The van der Waals surface area contributed by atoms with Gasteiger partial charge < -0.3 is 0 Å². The molecule has 1 heterocycles. The summed E-state index contributed by atoms with van der Waals surface area (Å²) in [6.07, 6.45) is 10.6. The molecule has 3 rings (SSSR count). The SMILES string of the molecule is CN(Cc1cccc(-c2ccncc2)c1)C1CCCCC1. The van der Waals surface area contributed by atoms with Gasteiger partial charge in [0.15, 0.2) is 0 Å². The zero-order valence-electron chi connectivity index (χ0n) is 12.8. The van der Waals surface area contributed by atoms with Gasteiger partial charge in [0.25, 0.3) is 0 Å². The Morgan fingerprint density at radius 1 is 1.00 bits per heavy atom. The summed E-state index contributed by atoms with van der Waals surface area (Å²) >= 11 is 0. The van der Waals surface area contributed by atoms with E-state index >= 15 is 0 Å². The summed E-state index contributed by atoms with van der Waals surface area (Å²) < 4.78 is 0. The molecule has 0 amide bonds. The molecule has 110 valence electrons. The van der Waals surface area contributed by atoms with Gasteiger partial charge in [-0.2, -0.15) is 0 Å². The summed E-state index contributed by atoms with van der Waals surface area (Å²) in [5, 5.41) is 0. The van der Waals surface area contributed by atoms with E-state index in [-0.39, 0.29) is 0 Å². The molecule has 1 aromatic heterocycles. The first-order valence-corrected chi connectivity index (χ1v) is 8.02. The Labute approximate surface area is 127 Å². The molecule has 0 N–H and O–H groups in total. The second-order valence-electron chi connectivity index (χ2n) is 6.14. The van der Waals surface area contributed by atoms with Crippen LogP contribution in [0, 0.1) is 0 Å². The van der Waals surface area contributed by atoms with Gasteiger partial charge in [-0.25, -0.2) is 0 Å². The van der Waals surface area contributed by atoms with Gasteiger partial charge in [-0.05, 0) is 54.8 Å². The van der Waals surface area contributed by atoms with Crippen LogP contribution in [0.3, 0.4) is 0 Å². The van der Waals surface area contributed by atoms with Crippen molar-refractivity contribution in [3.05, 3.63) is 54.4 Å². The Morgan fingerprint density at radius 2 is 1.76 bits per heavy atom. The molecule has 0 atom stereocenters. The summed E-state index contributed by atoms with van der Waals surface area (Å²) in [6, 6.07) is 13.8. The van der Waals surface area contributed by atoms with E-state index in [1.54, 1.807) is 0 Å². The van der Waals surface area contributed by atoms with Crippen molar-refractivity contribution in [3.8, 4) is 11.1 Å². The molecule has 1 fully saturated rings. The summed E-state index contributed by atoms with van der Waals surface area (Å²) in [5.74, 6) is 0. The normalized spacial score (nSPS) is 16.3. The highest BCUT2D eigenvalue weighted by Gasteiger charge is 2.17. The van der Waals surface area contributed by atoms with Gasteiger partial charge in [0.2, 0.25) is 0 Å². The van der Waals surface area contributed by atoms with Crippen LogP contribution in [0.25, 0.3) is 11.1 Å². The van der Waals surface area contributed by atoms with Gasteiger partial charge in [-0.3, -0.25) is 9.88 Å². The van der Waals surface area contributed by atoms with E-state index < -0.39 is 0 Å².